The van der Waals surface area contributed by atoms with Crippen molar-refractivity contribution in [1.82, 2.24) is 0 Å². The highest BCUT2D eigenvalue weighted by molar-refractivity contribution is 9.10. The van der Waals surface area contributed by atoms with Gasteiger partial charge in [-0.1, -0.05) is 28.1 Å². The van der Waals surface area contributed by atoms with Crippen LogP contribution in [0, 0.1) is 13.8 Å². The fourth-order valence-corrected chi connectivity index (χ4v) is 3.45. The van der Waals surface area contributed by atoms with E-state index in [0.717, 1.165) is 15.6 Å². The van der Waals surface area contributed by atoms with E-state index in [1.165, 1.54) is 12.1 Å². The van der Waals surface area contributed by atoms with Crippen LogP contribution in [0.5, 0.6) is 0 Å². The van der Waals surface area contributed by atoms with Gasteiger partial charge >= 0.3 is 0 Å². The first kappa shape index (κ1) is 16.0. The number of benzene rings is 2. The molecule has 0 aliphatic rings. The maximum atomic E-state index is 12.4. The molecule has 6 heteroatoms. The van der Waals surface area contributed by atoms with Crippen LogP contribution in [0.1, 0.15) is 16.7 Å². The molecule has 2 aromatic rings. The van der Waals surface area contributed by atoms with Crippen LogP contribution in [0.2, 0.25) is 0 Å². The molecule has 0 bridgehead atoms. The summed E-state index contributed by atoms with van der Waals surface area (Å²) in [5, 5.41) is 9.26. The van der Waals surface area contributed by atoms with Crippen molar-refractivity contribution in [3.63, 3.8) is 0 Å². The van der Waals surface area contributed by atoms with E-state index in [1.807, 2.05) is 19.9 Å². The van der Waals surface area contributed by atoms with Crippen LogP contribution in [-0.4, -0.2) is 13.5 Å². The fraction of sp³-hybridized carbons (Fsp3) is 0.200. The Morgan fingerprint density at radius 3 is 2.57 bits per heavy atom. The molecule has 0 saturated heterocycles. The van der Waals surface area contributed by atoms with Crippen LogP contribution in [0.25, 0.3) is 0 Å². The van der Waals surface area contributed by atoms with Crippen LogP contribution >= 0.6 is 15.9 Å². The van der Waals surface area contributed by atoms with E-state index >= 15 is 0 Å². The molecular weight excluding hydrogens is 354 g/mol. The maximum absolute atomic E-state index is 12.4. The van der Waals surface area contributed by atoms with Crippen molar-refractivity contribution >= 4 is 31.6 Å². The van der Waals surface area contributed by atoms with Crippen molar-refractivity contribution in [2.24, 2.45) is 0 Å². The van der Waals surface area contributed by atoms with Gasteiger partial charge < -0.3 is 5.11 Å². The second-order valence-electron chi connectivity index (χ2n) is 4.76. The van der Waals surface area contributed by atoms with Gasteiger partial charge in [0, 0.05) is 4.47 Å². The van der Waals surface area contributed by atoms with E-state index in [2.05, 4.69) is 20.7 Å². The van der Waals surface area contributed by atoms with E-state index in [0.29, 0.717) is 11.3 Å². The Labute approximate surface area is 133 Å². The average molecular weight is 370 g/mol. The monoisotopic (exact) mass is 369 g/mol. The molecular formula is C15H16BrNO3S. The molecule has 0 fully saturated rings. The van der Waals surface area contributed by atoms with Crippen molar-refractivity contribution in [1.29, 1.82) is 0 Å². The molecule has 0 aromatic heterocycles. The smallest absolute Gasteiger partial charge is 0.261 e. The number of aryl methyl sites for hydroxylation is 1. The Hall–Kier alpha value is -1.37. The maximum Gasteiger partial charge on any atom is 0.261 e. The number of aliphatic hydroxyl groups excluding tert-OH is 1. The van der Waals surface area contributed by atoms with Crippen LogP contribution < -0.4 is 4.72 Å². The largest absolute Gasteiger partial charge is 0.392 e. The molecule has 0 amide bonds. The first-order valence-electron chi connectivity index (χ1n) is 6.33. The zero-order chi connectivity index (χ0) is 15.6. The minimum Gasteiger partial charge on any atom is -0.392 e. The molecule has 2 aromatic carbocycles. The Bertz CT molecular complexity index is 772. The molecule has 21 heavy (non-hydrogen) atoms. The van der Waals surface area contributed by atoms with Gasteiger partial charge in [0.25, 0.3) is 10.0 Å². The van der Waals surface area contributed by atoms with Crippen molar-refractivity contribution < 1.29 is 13.5 Å². The number of hydrogen-bond acceptors (Lipinski definition) is 3. The Morgan fingerprint density at radius 1 is 1.19 bits per heavy atom. The minimum absolute atomic E-state index is 0.136. The SMILES string of the molecule is Cc1ccc(S(=O)(=O)Nc2cccc(Br)c2C)cc1CO. The van der Waals surface area contributed by atoms with Gasteiger partial charge in [-0.3, -0.25) is 4.72 Å². The lowest BCUT2D eigenvalue weighted by Crippen LogP contribution is -2.14. The van der Waals surface area contributed by atoms with Crippen LogP contribution in [0.3, 0.4) is 0 Å². The number of halogens is 1. The number of hydrogen-bond donors (Lipinski definition) is 2. The summed E-state index contributed by atoms with van der Waals surface area (Å²) >= 11 is 3.37. The number of nitrogens with one attached hydrogen (secondary N) is 1. The second kappa shape index (κ2) is 6.17. The van der Waals surface area contributed by atoms with Crippen molar-refractivity contribution in [2.45, 2.75) is 25.3 Å². The topological polar surface area (TPSA) is 66.4 Å². The summed E-state index contributed by atoms with van der Waals surface area (Å²) < 4.78 is 28.3. The van der Waals surface area contributed by atoms with E-state index in [-0.39, 0.29) is 11.5 Å². The molecule has 0 aliphatic carbocycles. The van der Waals surface area contributed by atoms with Crippen molar-refractivity contribution in [3.8, 4) is 0 Å². The third kappa shape index (κ3) is 3.45. The van der Waals surface area contributed by atoms with Crippen molar-refractivity contribution in [3.05, 3.63) is 57.6 Å². The zero-order valence-electron chi connectivity index (χ0n) is 11.7. The van der Waals surface area contributed by atoms with Crippen LogP contribution in [0.15, 0.2) is 45.8 Å². The van der Waals surface area contributed by atoms with Gasteiger partial charge in [-0.2, -0.15) is 0 Å². The Morgan fingerprint density at radius 2 is 1.90 bits per heavy atom. The number of anilines is 1. The third-order valence-electron chi connectivity index (χ3n) is 3.31. The van der Waals surface area contributed by atoms with Gasteiger partial charge in [-0.15, -0.1) is 0 Å². The molecule has 0 spiro atoms. The predicted molar refractivity (Wildman–Crippen MR) is 86.8 cm³/mol. The van der Waals surface area contributed by atoms with Gasteiger partial charge in [-0.05, 0) is 54.8 Å². The fourth-order valence-electron chi connectivity index (χ4n) is 1.91. The van der Waals surface area contributed by atoms with E-state index in [4.69, 9.17) is 0 Å². The summed E-state index contributed by atoms with van der Waals surface area (Å²) in [6.07, 6.45) is 0. The lowest BCUT2D eigenvalue weighted by Gasteiger charge is -2.13. The molecule has 0 saturated carbocycles. The third-order valence-corrected chi connectivity index (χ3v) is 5.54. The van der Waals surface area contributed by atoms with Gasteiger partial charge in [0.15, 0.2) is 0 Å². The summed E-state index contributed by atoms with van der Waals surface area (Å²) in [5.74, 6) is 0. The predicted octanol–water partition coefficient (Wildman–Crippen LogP) is 3.36. The molecule has 0 atom stereocenters. The normalized spacial score (nSPS) is 11.4. The van der Waals surface area contributed by atoms with Gasteiger partial charge in [0.2, 0.25) is 0 Å². The van der Waals surface area contributed by atoms with Gasteiger partial charge in [0.1, 0.15) is 0 Å². The summed E-state index contributed by atoms with van der Waals surface area (Å²) in [7, 11) is -3.68. The average Bonchev–Trinajstić information content (AvgIpc) is 2.44. The van der Waals surface area contributed by atoms with E-state index < -0.39 is 10.0 Å². The lowest BCUT2D eigenvalue weighted by atomic mass is 10.1. The second-order valence-corrected chi connectivity index (χ2v) is 7.30. The first-order valence-corrected chi connectivity index (χ1v) is 8.61. The van der Waals surface area contributed by atoms with Crippen LogP contribution in [-0.2, 0) is 16.6 Å². The quantitative estimate of drug-likeness (QED) is 0.867. The molecule has 0 radical (unpaired) electrons. The molecule has 2 N–H and O–H groups in total. The van der Waals surface area contributed by atoms with Gasteiger partial charge in [0.05, 0.1) is 17.2 Å². The van der Waals surface area contributed by atoms with Crippen LogP contribution in [0.4, 0.5) is 5.69 Å². The highest BCUT2D eigenvalue weighted by Gasteiger charge is 2.17. The highest BCUT2D eigenvalue weighted by Crippen LogP contribution is 2.26. The number of rotatable bonds is 4. The standard InChI is InChI=1S/C15H16BrNO3S/c1-10-6-7-13(8-12(10)9-18)21(19,20)17-15-5-3-4-14(16)11(15)2/h3-8,17-18H,9H2,1-2H3. The van der Waals surface area contributed by atoms with E-state index in [9.17, 15) is 13.5 Å². The molecule has 0 aliphatic heterocycles. The molecule has 0 unspecified atom stereocenters. The molecule has 112 valence electrons. The van der Waals surface area contributed by atoms with Crippen molar-refractivity contribution in [2.75, 3.05) is 4.72 Å². The first-order chi connectivity index (χ1) is 9.85. The van der Waals surface area contributed by atoms with E-state index in [1.54, 1.807) is 18.2 Å². The number of sulfonamides is 1. The summed E-state index contributed by atoms with van der Waals surface area (Å²) in [6.45, 7) is 3.47. The lowest BCUT2D eigenvalue weighted by molar-refractivity contribution is 0.281. The Kier molecular flexibility index (Phi) is 4.70. The number of aliphatic hydroxyl groups is 1. The summed E-state index contributed by atoms with van der Waals surface area (Å²) in [5.41, 5.74) is 2.80. The minimum atomic E-state index is -3.68. The zero-order valence-corrected chi connectivity index (χ0v) is 14.1. The Balaban J connectivity index is 2.41. The van der Waals surface area contributed by atoms with Gasteiger partial charge in [-0.25, -0.2) is 8.42 Å². The molecule has 4 nitrogen and oxygen atoms in total. The summed E-state index contributed by atoms with van der Waals surface area (Å²) in [4.78, 5) is 0.136. The summed E-state index contributed by atoms with van der Waals surface area (Å²) in [6, 6.07) is 10.0. The molecule has 0 heterocycles. The molecule has 2 rings (SSSR count). The highest BCUT2D eigenvalue weighted by atomic mass is 79.9.